The average molecular weight is 176 g/mol. The molecule has 0 aliphatic heterocycles. The van der Waals surface area contributed by atoms with Crippen molar-refractivity contribution in [2.45, 2.75) is 6.92 Å². The van der Waals surface area contributed by atoms with Gasteiger partial charge in [-0.25, -0.2) is 0 Å². The number of nitrogens with zero attached hydrogens (tertiary/aromatic N) is 2. The fourth-order valence-electron chi connectivity index (χ4n) is 1.41. The summed E-state index contributed by atoms with van der Waals surface area (Å²) in [5.41, 5.74) is 1.81. The van der Waals surface area contributed by atoms with E-state index in [1.165, 1.54) is 6.07 Å². The van der Waals surface area contributed by atoms with Crippen molar-refractivity contribution in [1.82, 2.24) is 4.40 Å². The van der Waals surface area contributed by atoms with Gasteiger partial charge in [0.25, 0.3) is 5.69 Å². The minimum absolute atomic E-state index is 0.149. The first-order valence-electron chi connectivity index (χ1n) is 3.90. The normalized spacial score (nSPS) is 10.5. The van der Waals surface area contributed by atoms with Gasteiger partial charge in [0.1, 0.15) is 5.52 Å². The van der Waals surface area contributed by atoms with Crippen molar-refractivity contribution < 1.29 is 4.92 Å². The lowest BCUT2D eigenvalue weighted by molar-refractivity contribution is -0.383. The van der Waals surface area contributed by atoms with Crippen molar-refractivity contribution in [3.63, 3.8) is 0 Å². The number of hydrogen-bond donors (Lipinski definition) is 0. The van der Waals surface area contributed by atoms with E-state index in [-0.39, 0.29) is 10.6 Å². The van der Waals surface area contributed by atoms with Crippen LogP contribution in [-0.4, -0.2) is 9.32 Å². The molecule has 0 spiro atoms. The Morgan fingerprint density at radius 3 is 3.00 bits per heavy atom. The summed E-state index contributed by atoms with van der Waals surface area (Å²) in [6.45, 7) is 1.91. The molecule has 0 saturated heterocycles. The predicted molar refractivity (Wildman–Crippen MR) is 48.8 cm³/mol. The van der Waals surface area contributed by atoms with E-state index in [0.29, 0.717) is 5.52 Å². The standard InChI is InChI=1S/C9H8N2O2/c1-7-5-9-8(11(12)13)3-2-4-10(9)6-7/h2-6H,1H3. The molecule has 0 aliphatic carbocycles. The molecule has 0 amide bonds. The Balaban J connectivity index is 2.82. The van der Waals surface area contributed by atoms with E-state index in [2.05, 4.69) is 0 Å². The molecule has 2 rings (SSSR count). The summed E-state index contributed by atoms with van der Waals surface area (Å²) in [6, 6.07) is 4.98. The summed E-state index contributed by atoms with van der Waals surface area (Å²) in [5.74, 6) is 0. The van der Waals surface area contributed by atoms with Crippen LogP contribution in [0.3, 0.4) is 0 Å². The number of rotatable bonds is 1. The second-order valence-corrected chi connectivity index (χ2v) is 2.96. The molecule has 0 saturated carbocycles. The zero-order chi connectivity index (χ0) is 9.42. The molecule has 4 heteroatoms. The van der Waals surface area contributed by atoms with Gasteiger partial charge in [-0.3, -0.25) is 10.1 Å². The highest BCUT2D eigenvalue weighted by Gasteiger charge is 2.11. The smallest absolute Gasteiger partial charge is 0.293 e. The van der Waals surface area contributed by atoms with Gasteiger partial charge in [0.2, 0.25) is 0 Å². The van der Waals surface area contributed by atoms with E-state index < -0.39 is 0 Å². The van der Waals surface area contributed by atoms with Gasteiger partial charge < -0.3 is 4.40 Å². The van der Waals surface area contributed by atoms with Crippen LogP contribution in [0.1, 0.15) is 5.56 Å². The number of aryl methyl sites for hydroxylation is 1. The topological polar surface area (TPSA) is 47.5 Å². The van der Waals surface area contributed by atoms with Crippen molar-refractivity contribution >= 4 is 11.2 Å². The first-order valence-corrected chi connectivity index (χ1v) is 3.90. The summed E-state index contributed by atoms with van der Waals surface area (Å²) in [4.78, 5) is 10.3. The summed E-state index contributed by atoms with van der Waals surface area (Å²) in [5, 5.41) is 10.6. The number of nitro groups is 1. The number of aromatic nitrogens is 1. The van der Waals surface area contributed by atoms with Crippen LogP contribution in [0.2, 0.25) is 0 Å². The van der Waals surface area contributed by atoms with E-state index in [4.69, 9.17) is 0 Å². The predicted octanol–water partition coefficient (Wildman–Crippen LogP) is 2.16. The number of hydrogen-bond acceptors (Lipinski definition) is 2. The highest BCUT2D eigenvalue weighted by molar-refractivity contribution is 5.66. The Labute approximate surface area is 74.6 Å². The van der Waals surface area contributed by atoms with Gasteiger partial charge in [0.15, 0.2) is 0 Å². The largest absolute Gasteiger partial charge is 0.318 e. The van der Waals surface area contributed by atoms with Crippen LogP contribution in [0.5, 0.6) is 0 Å². The highest BCUT2D eigenvalue weighted by Crippen LogP contribution is 2.20. The summed E-state index contributed by atoms with van der Waals surface area (Å²) >= 11 is 0. The molecule has 66 valence electrons. The van der Waals surface area contributed by atoms with Gasteiger partial charge in [-0.2, -0.15) is 0 Å². The molecule has 0 fully saturated rings. The van der Waals surface area contributed by atoms with Crippen LogP contribution in [0, 0.1) is 17.0 Å². The molecule has 2 aromatic rings. The maximum absolute atomic E-state index is 10.6. The third-order valence-electron chi connectivity index (χ3n) is 1.95. The monoisotopic (exact) mass is 176 g/mol. The van der Waals surface area contributed by atoms with E-state index in [1.807, 2.05) is 13.1 Å². The Morgan fingerprint density at radius 1 is 1.54 bits per heavy atom. The minimum Gasteiger partial charge on any atom is -0.318 e. The first-order chi connectivity index (χ1) is 6.18. The zero-order valence-electron chi connectivity index (χ0n) is 7.10. The molecule has 0 bridgehead atoms. The lowest BCUT2D eigenvalue weighted by Crippen LogP contribution is -1.91. The minimum atomic E-state index is -0.366. The molecule has 4 nitrogen and oxygen atoms in total. The second kappa shape index (κ2) is 2.58. The maximum Gasteiger partial charge on any atom is 0.293 e. The van der Waals surface area contributed by atoms with Crippen LogP contribution in [-0.2, 0) is 0 Å². The Kier molecular flexibility index (Phi) is 1.55. The summed E-state index contributed by atoms with van der Waals surface area (Å²) in [6.07, 6.45) is 3.66. The lowest BCUT2D eigenvalue weighted by Gasteiger charge is -1.94. The molecule has 0 N–H and O–H groups in total. The van der Waals surface area contributed by atoms with Gasteiger partial charge in [0.05, 0.1) is 4.92 Å². The molecular weight excluding hydrogens is 168 g/mol. The molecule has 2 aromatic heterocycles. The van der Waals surface area contributed by atoms with Crippen LogP contribution in [0.25, 0.3) is 5.52 Å². The van der Waals surface area contributed by atoms with Gasteiger partial charge in [0, 0.05) is 18.5 Å². The average Bonchev–Trinajstić information content (AvgIpc) is 2.43. The van der Waals surface area contributed by atoms with Crippen molar-refractivity contribution in [2.24, 2.45) is 0 Å². The quantitative estimate of drug-likeness (QED) is 0.493. The van der Waals surface area contributed by atoms with Crippen molar-refractivity contribution in [3.8, 4) is 0 Å². The van der Waals surface area contributed by atoms with E-state index >= 15 is 0 Å². The molecule has 0 aromatic carbocycles. The molecule has 0 aliphatic rings. The highest BCUT2D eigenvalue weighted by atomic mass is 16.6. The molecule has 0 atom stereocenters. The first kappa shape index (κ1) is 7.79. The van der Waals surface area contributed by atoms with Crippen molar-refractivity contribution in [3.05, 3.63) is 46.3 Å². The zero-order valence-corrected chi connectivity index (χ0v) is 7.10. The molecule has 0 unspecified atom stereocenters. The van der Waals surface area contributed by atoms with Crippen LogP contribution in [0.15, 0.2) is 30.6 Å². The molecule has 2 heterocycles. The Bertz CT molecular complexity index is 473. The molecule has 0 radical (unpaired) electrons. The lowest BCUT2D eigenvalue weighted by atomic mass is 10.3. The molecule has 13 heavy (non-hydrogen) atoms. The van der Waals surface area contributed by atoms with E-state index in [0.717, 1.165) is 5.56 Å². The van der Waals surface area contributed by atoms with Gasteiger partial charge in [-0.05, 0) is 24.6 Å². The van der Waals surface area contributed by atoms with Crippen molar-refractivity contribution in [1.29, 1.82) is 0 Å². The fraction of sp³-hybridized carbons (Fsp3) is 0.111. The summed E-state index contributed by atoms with van der Waals surface area (Å²) in [7, 11) is 0. The van der Waals surface area contributed by atoms with Crippen molar-refractivity contribution in [2.75, 3.05) is 0 Å². The fourth-order valence-corrected chi connectivity index (χ4v) is 1.41. The third kappa shape index (κ3) is 1.16. The molecular formula is C9H8N2O2. The van der Waals surface area contributed by atoms with Crippen LogP contribution >= 0.6 is 0 Å². The third-order valence-corrected chi connectivity index (χ3v) is 1.95. The van der Waals surface area contributed by atoms with Gasteiger partial charge in [-0.15, -0.1) is 0 Å². The van der Waals surface area contributed by atoms with Crippen LogP contribution < -0.4 is 0 Å². The maximum atomic E-state index is 10.6. The van der Waals surface area contributed by atoms with E-state index in [1.54, 1.807) is 22.7 Å². The van der Waals surface area contributed by atoms with Gasteiger partial charge >= 0.3 is 0 Å². The Morgan fingerprint density at radius 2 is 2.31 bits per heavy atom. The van der Waals surface area contributed by atoms with Crippen LogP contribution in [0.4, 0.5) is 5.69 Å². The number of pyridine rings is 1. The Hall–Kier alpha value is -1.84. The van der Waals surface area contributed by atoms with Gasteiger partial charge in [-0.1, -0.05) is 0 Å². The van der Waals surface area contributed by atoms with E-state index in [9.17, 15) is 10.1 Å². The number of fused-ring (bicyclic) bond motifs is 1. The SMILES string of the molecule is Cc1cc2c([N+](=O)[O-])cccn2c1. The second-order valence-electron chi connectivity index (χ2n) is 2.96. The summed E-state index contributed by atoms with van der Waals surface area (Å²) < 4.78 is 1.76.